The molecule has 1 N–H and O–H groups in total. The van der Waals surface area contributed by atoms with Gasteiger partial charge in [-0.3, -0.25) is 4.79 Å². The highest BCUT2D eigenvalue weighted by Gasteiger charge is 2.20. The Morgan fingerprint density at radius 3 is 2.39 bits per heavy atom. The Hall–Kier alpha value is -3.08. The molecule has 28 heavy (non-hydrogen) atoms. The Morgan fingerprint density at radius 1 is 0.964 bits per heavy atom. The van der Waals surface area contributed by atoms with E-state index in [1.807, 2.05) is 54.6 Å². The molecule has 0 radical (unpaired) electrons. The third-order valence-corrected chi connectivity index (χ3v) is 5.18. The largest absolute Gasteiger partial charge is 0.467 e. The molecule has 1 fully saturated rings. The second-order valence-corrected chi connectivity index (χ2v) is 7.14. The molecule has 144 valence electrons. The Labute approximate surface area is 165 Å². The number of anilines is 1. The topological polar surface area (TPSA) is 58.4 Å². The summed E-state index contributed by atoms with van der Waals surface area (Å²) in [4.78, 5) is 19.7. The van der Waals surface area contributed by atoms with Gasteiger partial charge >= 0.3 is 0 Å². The van der Waals surface area contributed by atoms with Gasteiger partial charge in [-0.05, 0) is 42.7 Å². The molecule has 1 saturated heterocycles. The highest BCUT2D eigenvalue weighted by Crippen LogP contribution is 2.23. The Kier molecular flexibility index (Phi) is 5.71. The van der Waals surface area contributed by atoms with Crippen LogP contribution in [-0.4, -0.2) is 24.0 Å². The van der Waals surface area contributed by atoms with Crippen molar-refractivity contribution < 1.29 is 9.21 Å². The minimum absolute atomic E-state index is 0.167. The van der Waals surface area contributed by atoms with Crippen molar-refractivity contribution >= 4 is 11.7 Å². The molecule has 0 spiro atoms. The summed E-state index contributed by atoms with van der Waals surface area (Å²) in [6.45, 7) is 2.07. The Bertz CT molecular complexity index is 868. The summed E-state index contributed by atoms with van der Waals surface area (Å²) in [5, 5.41) is 3.07. The number of hydrogen-bond acceptors (Lipinski definition) is 4. The molecule has 0 bridgehead atoms. The van der Waals surface area contributed by atoms with Crippen molar-refractivity contribution in [2.24, 2.45) is 0 Å². The normalized spacial score (nSPS) is 15.6. The van der Waals surface area contributed by atoms with E-state index in [1.165, 1.54) is 25.7 Å². The first-order valence-corrected chi connectivity index (χ1v) is 9.91. The first-order valence-electron chi connectivity index (χ1n) is 9.91. The van der Waals surface area contributed by atoms with E-state index in [4.69, 9.17) is 4.42 Å². The number of amides is 1. The zero-order valence-electron chi connectivity index (χ0n) is 15.9. The van der Waals surface area contributed by atoms with Crippen molar-refractivity contribution in [1.82, 2.24) is 10.3 Å². The fraction of sp³-hybridized carbons (Fsp3) is 0.304. The van der Waals surface area contributed by atoms with Crippen LogP contribution >= 0.6 is 0 Å². The van der Waals surface area contributed by atoms with Crippen LogP contribution in [0.2, 0.25) is 0 Å². The molecule has 0 aliphatic carbocycles. The van der Waals surface area contributed by atoms with Gasteiger partial charge in [0.05, 0.1) is 11.8 Å². The van der Waals surface area contributed by atoms with Crippen LogP contribution in [0.1, 0.15) is 53.4 Å². The Balaban J connectivity index is 1.50. The van der Waals surface area contributed by atoms with Crippen molar-refractivity contribution in [2.75, 3.05) is 18.0 Å². The predicted octanol–water partition coefficient (Wildman–Crippen LogP) is 4.57. The van der Waals surface area contributed by atoms with E-state index >= 15 is 0 Å². The molecule has 1 aliphatic heterocycles. The van der Waals surface area contributed by atoms with Crippen LogP contribution < -0.4 is 10.2 Å². The third-order valence-electron chi connectivity index (χ3n) is 5.18. The highest BCUT2D eigenvalue weighted by atomic mass is 16.3. The molecule has 3 aromatic rings. The van der Waals surface area contributed by atoms with E-state index in [-0.39, 0.29) is 11.9 Å². The number of hydrogen-bond donors (Lipinski definition) is 1. The van der Waals surface area contributed by atoms with Gasteiger partial charge < -0.3 is 14.6 Å². The molecular formula is C23H25N3O2. The number of carbonyl (C=O) groups is 1. The maximum absolute atomic E-state index is 12.9. The third kappa shape index (κ3) is 4.25. The molecule has 0 unspecified atom stereocenters. The lowest BCUT2D eigenvalue weighted by Gasteiger charge is -2.21. The lowest BCUT2D eigenvalue weighted by molar-refractivity contribution is 0.0938. The molecule has 2 aromatic heterocycles. The minimum Gasteiger partial charge on any atom is -0.467 e. The maximum Gasteiger partial charge on any atom is 0.253 e. The van der Waals surface area contributed by atoms with Gasteiger partial charge in [-0.1, -0.05) is 43.2 Å². The molecule has 5 heteroatoms. The maximum atomic E-state index is 12.9. The molecule has 1 atom stereocenters. The van der Waals surface area contributed by atoms with Gasteiger partial charge in [-0.2, -0.15) is 0 Å². The second-order valence-electron chi connectivity index (χ2n) is 7.14. The van der Waals surface area contributed by atoms with E-state index in [9.17, 15) is 4.79 Å². The number of aromatic nitrogens is 1. The monoisotopic (exact) mass is 375 g/mol. The number of rotatable bonds is 5. The molecular weight excluding hydrogens is 350 g/mol. The summed E-state index contributed by atoms with van der Waals surface area (Å²) >= 11 is 0. The fourth-order valence-electron chi connectivity index (χ4n) is 3.64. The number of furan rings is 1. The smallest absolute Gasteiger partial charge is 0.253 e. The van der Waals surface area contributed by atoms with Crippen LogP contribution in [-0.2, 0) is 0 Å². The zero-order chi connectivity index (χ0) is 19.2. The number of carbonyl (C=O) groups excluding carboxylic acids is 1. The van der Waals surface area contributed by atoms with Crippen molar-refractivity contribution in [3.8, 4) is 0 Å². The van der Waals surface area contributed by atoms with Crippen molar-refractivity contribution in [3.63, 3.8) is 0 Å². The van der Waals surface area contributed by atoms with Crippen molar-refractivity contribution in [3.05, 3.63) is 83.9 Å². The van der Waals surface area contributed by atoms with Gasteiger partial charge in [0, 0.05) is 19.3 Å². The van der Waals surface area contributed by atoms with E-state index in [0.717, 1.165) is 24.5 Å². The molecule has 3 heterocycles. The summed E-state index contributed by atoms with van der Waals surface area (Å²) in [6.07, 6.45) is 8.25. The molecule has 5 nitrogen and oxygen atoms in total. The number of nitrogens with one attached hydrogen (secondary N) is 1. The number of benzene rings is 1. The quantitative estimate of drug-likeness (QED) is 0.709. The predicted molar refractivity (Wildman–Crippen MR) is 109 cm³/mol. The summed E-state index contributed by atoms with van der Waals surface area (Å²) in [7, 11) is 0. The number of nitrogens with zero attached hydrogens (tertiary/aromatic N) is 2. The van der Waals surface area contributed by atoms with E-state index in [1.54, 1.807) is 12.5 Å². The average Bonchev–Trinajstić information content (AvgIpc) is 3.14. The van der Waals surface area contributed by atoms with Crippen LogP contribution in [0.4, 0.5) is 5.82 Å². The van der Waals surface area contributed by atoms with Gasteiger partial charge in [0.25, 0.3) is 5.91 Å². The average molecular weight is 375 g/mol. The van der Waals surface area contributed by atoms with Gasteiger partial charge in [-0.25, -0.2) is 4.98 Å². The number of pyridine rings is 1. The van der Waals surface area contributed by atoms with E-state index < -0.39 is 0 Å². The standard InChI is InChI=1S/C23H25N3O2/c27-23(19-12-13-21(24-17-19)26-14-6-1-2-7-15-26)25-22(20-11-8-16-28-20)18-9-4-3-5-10-18/h3-5,8-13,16-17,22H,1-2,6-7,14-15H2,(H,25,27)/t22-/m1/s1. The van der Waals surface area contributed by atoms with Crippen LogP contribution in [0, 0.1) is 0 Å². The highest BCUT2D eigenvalue weighted by molar-refractivity contribution is 5.94. The second kappa shape index (κ2) is 8.74. The molecule has 4 rings (SSSR count). The molecule has 0 saturated carbocycles. The minimum atomic E-state index is -0.339. The first-order chi connectivity index (χ1) is 13.8. The zero-order valence-corrected chi connectivity index (χ0v) is 15.9. The molecule has 1 amide bonds. The van der Waals surface area contributed by atoms with E-state index in [2.05, 4.69) is 15.2 Å². The van der Waals surface area contributed by atoms with Crippen LogP contribution in [0.15, 0.2) is 71.5 Å². The summed E-state index contributed by atoms with van der Waals surface area (Å²) in [6, 6.07) is 17.0. The van der Waals surface area contributed by atoms with E-state index in [0.29, 0.717) is 11.3 Å². The van der Waals surface area contributed by atoms with Gasteiger partial charge in [0.2, 0.25) is 0 Å². The Morgan fingerprint density at radius 2 is 1.75 bits per heavy atom. The van der Waals surface area contributed by atoms with Crippen LogP contribution in [0.3, 0.4) is 0 Å². The van der Waals surface area contributed by atoms with Crippen LogP contribution in [0.5, 0.6) is 0 Å². The lowest BCUT2D eigenvalue weighted by Crippen LogP contribution is -2.29. The van der Waals surface area contributed by atoms with Crippen molar-refractivity contribution in [2.45, 2.75) is 31.7 Å². The van der Waals surface area contributed by atoms with Gasteiger partial charge in [0.15, 0.2) is 0 Å². The molecule has 1 aliphatic rings. The summed E-state index contributed by atoms with van der Waals surface area (Å²) in [5.74, 6) is 1.48. The van der Waals surface area contributed by atoms with Gasteiger partial charge in [-0.15, -0.1) is 0 Å². The van der Waals surface area contributed by atoms with Gasteiger partial charge in [0.1, 0.15) is 17.6 Å². The lowest BCUT2D eigenvalue weighted by atomic mass is 10.0. The first kappa shape index (κ1) is 18.3. The van der Waals surface area contributed by atoms with Crippen LogP contribution in [0.25, 0.3) is 0 Å². The fourth-order valence-corrected chi connectivity index (χ4v) is 3.64. The summed E-state index contributed by atoms with van der Waals surface area (Å²) < 4.78 is 5.56. The summed E-state index contributed by atoms with van der Waals surface area (Å²) in [5.41, 5.74) is 1.52. The molecule has 1 aromatic carbocycles. The SMILES string of the molecule is O=C(N[C@H](c1ccccc1)c1ccco1)c1ccc(N2CCCCCC2)nc1. The van der Waals surface area contributed by atoms with Crippen molar-refractivity contribution in [1.29, 1.82) is 0 Å².